The lowest BCUT2D eigenvalue weighted by molar-refractivity contribution is -0.146. The molecule has 0 unspecified atom stereocenters. The molecule has 1 fully saturated rings. The van der Waals surface area contributed by atoms with Gasteiger partial charge in [-0.25, -0.2) is 18.5 Å². The molecule has 2 aromatic heterocycles. The molecule has 10 nitrogen and oxygen atoms in total. The molecule has 1 atom stereocenters. The van der Waals surface area contributed by atoms with Crippen molar-refractivity contribution in [3.63, 3.8) is 0 Å². The maximum absolute atomic E-state index is 14.4. The topological polar surface area (TPSA) is 133 Å². The van der Waals surface area contributed by atoms with Crippen molar-refractivity contribution in [2.45, 2.75) is 57.9 Å². The second-order valence-corrected chi connectivity index (χ2v) is 10.6. The molecule has 0 spiro atoms. The lowest BCUT2D eigenvalue weighted by Crippen LogP contribution is -2.52. The number of aliphatic carboxylic acids is 1. The highest BCUT2D eigenvalue weighted by atomic mass is 32.1. The summed E-state index contributed by atoms with van der Waals surface area (Å²) in [4.78, 5) is 39.9. The maximum atomic E-state index is 14.4. The minimum Gasteiger partial charge on any atom is -0.496 e. The molecule has 0 bridgehead atoms. The van der Waals surface area contributed by atoms with Gasteiger partial charge in [-0.2, -0.15) is 5.26 Å². The first kappa shape index (κ1) is 27.5. The molecule has 1 aliphatic rings. The molecule has 4 rings (SSSR count). The number of hydrogen-bond donors (Lipinski definition) is 1. The van der Waals surface area contributed by atoms with Crippen molar-refractivity contribution >= 4 is 27.5 Å². The van der Waals surface area contributed by atoms with E-state index in [1.54, 1.807) is 6.92 Å². The van der Waals surface area contributed by atoms with E-state index in [0.717, 1.165) is 11.3 Å². The quantitative estimate of drug-likeness (QED) is 0.456. The van der Waals surface area contributed by atoms with Gasteiger partial charge in [0.1, 0.15) is 39.0 Å². The number of ether oxygens (including phenoxy) is 3. The Hall–Kier alpha value is -3.53. The van der Waals surface area contributed by atoms with Crippen LogP contribution in [0.4, 0.5) is 4.39 Å². The number of hydrogen-bond acceptors (Lipinski definition) is 8. The molecule has 12 heteroatoms. The van der Waals surface area contributed by atoms with Gasteiger partial charge < -0.3 is 19.3 Å². The Balaban J connectivity index is 1.99. The third kappa shape index (κ3) is 4.84. The van der Waals surface area contributed by atoms with Gasteiger partial charge in [0.05, 0.1) is 25.1 Å². The summed E-state index contributed by atoms with van der Waals surface area (Å²) in [6.07, 6.45) is 0.00644. The number of benzene rings is 1. The lowest BCUT2D eigenvalue weighted by Gasteiger charge is -2.30. The third-order valence-electron chi connectivity index (χ3n) is 6.81. The monoisotopic (exact) mass is 545 g/mol. The van der Waals surface area contributed by atoms with Crippen LogP contribution in [-0.4, -0.2) is 46.6 Å². The van der Waals surface area contributed by atoms with Gasteiger partial charge in [0, 0.05) is 18.8 Å². The maximum Gasteiger partial charge on any atom is 0.333 e. The largest absolute Gasteiger partial charge is 0.496 e. The van der Waals surface area contributed by atoms with Crippen LogP contribution in [0.1, 0.15) is 48.8 Å². The Morgan fingerprint density at radius 1 is 1.34 bits per heavy atom. The van der Waals surface area contributed by atoms with E-state index in [1.165, 1.54) is 43.7 Å². The van der Waals surface area contributed by atoms with E-state index in [4.69, 9.17) is 14.2 Å². The highest BCUT2D eigenvalue weighted by molar-refractivity contribution is 7.19. The zero-order chi connectivity index (χ0) is 27.8. The fourth-order valence-electron chi connectivity index (χ4n) is 4.58. The molecule has 1 N–H and O–H groups in total. The number of rotatable bonds is 8. The summed E-state index contributed by atoms with van der Waals surface area (Å²) in [7, 11) is 1.43. The number of carboxylic acid groups (broad SMARTS) is 1. The van der Waals surface area contributed by atoms with Crippen molar-refractivity contribution < 1.29 is 28.5 Å². The van der Waals surface area contributed by atoms with Crippen molar-refractivity contribution in [2.75, 3.05) is 20.3 Å². The minimum absolute atomic E-state index is 0.0801. The number of halogens is 1. The number of methoxy groups -OCH3 is 1. The molecule has 1 aromatic carbocycles. The fourth-order valence-corrected chi connectivity index (χ4v) is 5.68. The predicted molar refractivity (Wildman–Crippen MR) is 137 cm³/mol. The summed E-state index contributed by atoms with van der Waals surface area (Å²) in [5.74, 6) is -1.57. The fraction of sp³-hybridized carbons (Fsp3) is 0.462. The highest BCUT2D eigenvalue weighted by Crippen LogP contribution is 2.34. The summed E-state index contributed by atoms with van der Waals surface area (Å²) in [6, 6.07) is 6.01. The SMILES string of the molecule is COc1ccc(F)cc1[C@H](Cn1c(=O)n(C(C)(C)C(=O)O)c(=O)c2c(C)c(C#N)sc21)OC1CCOCC1. The average molecular weight is 546 g/mol. The first-order chi connectivity index (χ1) is 18.0. The Kier molecular flexibility index (Phi) is 7.73. The Bertz CT molecular complexity index is 1540. The van der Waals surface area contributed by atoms with E-state index < -0.39 is 34.7 Å². The van der Waals surface area contributed by atoms with Gasteiger partial charge in [-0.3, -0.25) is 9.36 Å². The van der Waals surface area contributed by atoms with E-state index in [-0.39, 0.29) is 27.7 Å². The Morgan fingerprint density at radius 2 is 2.03 bits per heavy atom. The predicted octanol–water partition coefficient (Wildman–Crippen LogP) is 3.31. The molecule has 1 saturated heterocycles. The summed E-state index contributed by atoms with van der Waals surface area (Å²) in [5.41, 5.74) is -2.86. The van der Waals surface area contributed by atoms with Gasteiger partial charge in [0.15, 0.2) is 0 Å². The standard InChI is InChI=1S/C26H28FN3O7S/c1-14-20(12-28)38-23-21(14)22(31)30(26(2,3)24(32)33)25(34)29(23)13-19(37-16-7-9-36-10-8-16)17-11-15(27)5-6-18(17)35-4/h5-6,11,16,19H,7-10,13H2,1-4H3,(H,32,33)/t19-/m0/s1. The number of carboxylic acids is 1. The first-order valence-corrected chi connectivity index (χ1v) is 12.8. The molecule has 3 heterocycles. The summed E-state index contributed by atoms with van der Waals surface area (Å²) in [5, 5.41) is 19.6. The molecule has 0 aliphatic carbocycles. The number of fused-ring (bicyclic) bond motifs is 1. The van der Waals surface area contributed by atoms with Crippen LogP contribution in [0.5, 0.6) is 5.75 Å². The molecule has 0 amide bonds. The van der Waals surface area contributed by atoms with E-state index in [1.807, 2.05) is 6.07 Å². The minimum atomic E-state index is -1.89. The lowest BCUT2D eigenvalue weighted by atomic mass is 10.0. The molecule has 202 valence electrons. The molecular weight excluding hydrogens is 517 g/mol. The number of carbonyl (C=O) groups is 1. The van der Waals surface area contributed by atoms with E-state index in [0.29, 0.717) is 47.5 Å². The number of nitrogens with zero attached hydrogens (tertiary/aromatic N) is 3. The zero-order valence-corrected chi connectivity index (χ0v) is 22.3. The molecule has 3 aromatic rings. The number of aryl methyl sites for hydroxylation is 1. The first-order valence-electron chi connectivity index (χ1n) is 12.0. The summed E-state index contributed by atoms with van der Waals surface area (Å²) < 4.78 is 33.6. The van der Waals surface area contributed by atoms with Crippen LogP contribution < -0.4 is 16.0 Å². The van der Waals surface area contributed by atoms with Crippen LogP contribution in [0, 0.1) is 24.1 Å². The van der Waals surface area contributed by atoms with Crippen LogP contribution in [0.2, 0.25) is 0 Å². The second kappa shape index (κ2) is 10.7. The highest BCUT2D eigenvalue weighted by Gasteiger charge is 2.36. The third-order valence-corrected chi connectivity index (χ3v) is 8.03. The van der Waals surface area contributed by atoms with Gasteiger partial charge in [-0.15, -0.1) is 11.3 Å². The van der Waals surface area contributed by atoms with Crippen molar-refractivity contribution in [1.29, 1.82) is 5.26 Å². The molecule has 1 aliphatic heterocycles. The van der Waals surface area contributed by atoms with Gasteiger partial charge >= 0.3 is 11.7 Å². The summed E-state index contributed by atoms with van der Waals surface area (Å²) >= 11 is 0.963. The molecular formula is C26H28FN3O7S. The second-order valence-electron chi connectivity index (χ2n) is 9.57. The van der Waals surface area contributed by atoms with E-state index in [2.05, 4.69) is 0 Å². The van der Waals surface area contributed by atoms with Crippen LogP contribution in [0.25, 0.3) is 10.2 Å². The van der Waals surface area contributed by atoms with Gasteiger partial charge in [-0.05, 0) is 57.4 Å². The van der Waals surface area contributed by atoms with Crippen molar-refractivity contribution in [3.05, 3.63) is 60.9 Å². The zero-order valence-electron chi connectivity index (χ0n) is 21.4. The van der Waals surface area contributed by atoms with Gasteiger partial charge in [-0.1, -0.05) is 0 Å². The van der Waals surface area contributed by atoms with Crippen LogP contribution in [-0.2, 0) is 26.4 Å². The van der Waals surface area contributed by atoms with E-state index in [9.17, 15) is 29.1 Å². The van der Waals surface area contributed by atoms with Crippen molar-refractivity contribution in [1.82, 2.24) is 9.13 Å². The number of nitriles is 1. The smallest absolute Gasteiger partial charge is 0.333 e. The van der Waals surface area contributed by atoms with Gasteiger partial charge in [0.2, 0.25) is 0 Å². The Morgan fingerprint density at radius 3 is 2.63 bits per heavy atom. The average Bonchev–Trinajstić information content (AvgIpc) is 3.22. The van der Waals surface area contributed by atoms with Crippen LogP contribution in [0.15, 0.2) is 27.8 Å². The Labute approximate surface area is 221 Å². The summed E-state index contributed by atoms with van der Waals surface area (Å²) in [6.45, 7) is 4.87. The van der Waals surface area contributed by atoms with Gasteiger partial charge in [0.25, 0.3) is 5.56 Å². The van der Waals surface area contributed by atoms with Crippen molar-refractivity contribution in [3.8, 4) is 11.8 Å². The van der Waals surface area contributed by atoms with E-state index >= 15 is 0 Å². The molecule has 38 heavy (non-hydrogen) atoms. The van der Waals surface area contributed by atoms with Crippen LogP contribution >= 0.6 is 11.3 Å². The number of thiophene rings is 1. The molecule has 0 radical (unpaired) electrons. The normalized spacial score (nSPS) is 15.4. The van der Waals surface area contributed by atoms with Crippen molar-refractivity contribution in [2.24, 2.45) is 0 Å². The van der Waals surface area contributed by atoms with Crippen LogP contribution in [0.3, 0.4) is 0 Å². The number of aromatic nitrogens is 2. The molecule has 0 saturated carbocycles.